The van der Waals surface area contributed by atoms with E-state index >= 15 is 0 Å². The first-order valence-corrected chi connectivity index (χ1v) is 32.4. The van der Waals surface area contributed by atoms with Crippen LogP contribution in [0.15, 0.2) is 157 Å². The molecule has 3 saturated heterocycles. The molecule has 3 fully saturated rings. The van der Waals surface area contributed by atoms with Gasteiger partial charge in [-0.2, -0.15) is 0 Å². The van der Waals surface area contributed by atoms with Crippen LogP contribution in [0.4, 0.5) is 34.1 Å². The topological polar surface area (TPSA) is 97.4 Å². The van der Waals surface area contributed by atoms with Gasteiger partial charge in [-0.3, -0.25) is 0 Å². The fourth-order valence-corrected chi connectivity index (χ4v) is 16.1. The van der Waals surface area contributed by atoms with Crippen molar-refractivity contribution in [3.63, 3.8) is 0 Å². The molecule has 6 aliphatic heterocycles. The first-order chi connectivity index (χ1) is 38.1. The van der Waals surface area contributed by atoms with Crippen LogP contribution >= 0.6 is 46.6 Å². The van der Waals surface area contributed by atoms with Gasteiger partial charge < -0.3 is 44.1 Å². The molecule has 0 bridgehead atoms. The van der Waals surface area contributed by atoms with E-state index in [1.54, 1.807) is 60.7 Å². The zero-order valence-electron chi connectivity index (χ0n) is 45.5. The Hall–Kier alpha value is -4.40. The number of fused-ring (bicyclic) bond motifs is 6. The summed E-state index contributed by atoms with van der Waals surface area (Å²) >= 11 is 20.5. The van der Waals surface area contributed by atoms with Crippen molar-refractivity contribution < 1.29 is 16.8 Å². The summed E-state index contributed by atoms with van der Waals surface area (Å²) in [4.78, 5) is 25.4. The second-order valence-corrected chi connectivity index (χ2v) is 27.5. The van der Waals surface area contributed by atoms with Crippen molar-refractivity contribution in [2.24, 2.45) is 0 Å². The summed E-state index contributed by atoms with van der Waals surface area (Å²) in [6, 6.07) is 39.5. The number of hydrogen-bond acceptors (Lipinski definition) is 14. The van der Waals surface area contributed by atoms with Crippen LogP contribution in [0, 0.1) is 0 Å². The third-order valence-corrected chi connectivity index (χ3v) is 21.4. The van der Waals surface area contributed by atoms with Crippen molar-refractivity contribution in [1.82, 2.24) is 29.4 Å². The van der Waals surface area contributed by atoms with Crippen molar-refractivity contribution in [3.05, 3.63) is 142 Å². The Balaban J connectivity index is 0.000000134. The third kappa shape index (κ3) is 13.4. The molecular formula is C60H72Cl3N9O4S3. The number of rotatable bonds is 12. The minimum atomic E-state index is -3.52. The van der Waals surface area contributed by atoms with Gasteiger partial charge in [-0.15, -0.1) is 0 Å². The molecule has 6 heterocycles. The lowest BCUT2D eigenvalue weighted by Crippen LogP contribution is -2.45. The minimum Gasteiger partial charge on any atom is -0.340 e. The molecule has 6 aromatic rings. The van der Waals surface area contributed by atoms with Gasteiger partial charge in [0.2, 0.25) is 19.7 Å². The molecule has 0 spiro atoms. The molecule has 13 nitrogen and oxygen atoms in total. The van der Waals surface area contributed by atoms with Crippen LogP contribution < -0.4 is 14.7 Å². The highest BCUT2D eigenvalue weighted by atomic mass is 35.5. The number of halogens is 3. The maximum Gasteiger partial charge on any atom is 0.210 e. The highest BCUT2D eigenvalue weighted by Gasteiger charge is 2.36. The zero-order valence-corrected chi connectivity index (χ0v) is 50.2. The summed E-state index contributed by atoms with van der Waals surface area (Å²) < 4.78 is 52.1. The van der Waals surface area contributed by atoms with Gasteiger partial charge in [0, 0.05) is 123 Å². The fourth-order valence-electron chi connectivity index (χ4n) is 11.3. The molecule has 0 aromatic heterocycles. The normalized spacial score (nSPS) is 19.1. The molecule has 0 atom stereocenters. The molecule has 0 unspecified atom stereocenters. The van der Waals surface area contributed by atoms with Crippen molar-refractivity contribution in [1.29, 1.82) is 0 Å². The smallest absolute Gasteiger partial charge is 0.210 e. The Morgan fingerprint density at radius 3 is 1.09 bits per heavy atom. The maximum absolute atomic E-state index is 13.0. The van der Waals surface area contributed by atoms with Crippen LogP contribution in [0.1, 0.15) is 19.3 Å². The molecule has 6 aromatic carbocycles. The summed E-state index contributed by atoms with van der Waals surface area (Å²) in [7, 11) is -0.517. The fraction of sp³-hybridized carbons (Fsp3) is 0.400. The second kappa shape index (κ2) is 25.8. The molecule has 0 saturated carbocycles. The lowest BCUT2D eigenvalue weighted by Gasteiger charge is -2.35. The standard InChI is InChI=1S/2C20H24ClN3O2S.C20H24ClN3S/c2*1-22-11-13-23(14-12-22)9-4-10-24-17-5-2-3-6-19(17)27(25,26)20-8-7-16(21)15-18(20)24;1-22-11-13-23(14-12-22)9-4-10-24-17-5-2-3-6-19(17)25-20-8-7-16(21)15-18(20)24/h2*2-3,5-8,15H,4,9-14H2,1H3;2-3,5-8,15H,4,9-14H2,1H3. The molecule has 0 aliphatic carbocycles. The predicted octanol–water partition coefficient (Wildman–Crippen LogP) is 11.1. The van der Waals surface area contributed by atoms with E-state index in [-0.39, 0.29) is 0 Å². The van der Waals surface area contributed by atoms with Crippen LogP contribution in [-0.2, 0) is 19.7 Å². The molecule has 0 N–H and O–H groups in total. The average Bonchev–Trinajstić information content (AvgIpc) is 3.65. The van der Waals surface area contributed by atoms with Crippen molar-refractivity contribution in [2.45, 2.75) is 48.6 Å². The van der Waals surface area contributed by atoms with E-state index in [1.807, 2.05) is 42.1 Å². The SMILES string of the molecule is CN1CCN(CCCN2c3ccccc3S(=O)(=O)c3ccc(Cl)cc32)CC1.CN1CCN(CCCN2c3ccccc3S(=O)(=O)c3ccc(Cl)cc32)CC1.CN1CCN(CCCN2c3ccccc3Sc3ccc(Cl)cc32)CC1. The first-order valence-electron chi connectivity index (χ1n) is 27.5. The van der Waals surface area contributed by atoms with Crippen LogP contribution in [-0.4, -0.2) is 185 Å². The number of hydrogen-bond donors (Lipinski definition) is 0. The molecule has 12 rings (SSSR count). The number of likely N-dealkylation sites (N-methyl/N-ethyl adjacent to an activating group) is 3. The van der Waals surface area contributed by atoms with Crippen LogP contribution in [0.3, 0.4) is 0 Å². The van der Waals surface area contributed by atoms with Crippen LogP contribution in [0.25, 0.3) is 0 Å². The van der Waals surface area contributed by atoms with Gasteiger partial charge >= 0.3 is 0 Å². The number of nitrogens with zero attached hydrogens (tertiary/aromatic N) is 9. The Morgan fingerprint density at radius 1 is 0.354 bits per heavy atom. The number of piperazine rings is 3. The Bertz CT molecular complexity index is 3160. The van der Waals surface area contributed by atoms with Crippen LogP contribution in [0.5, 0.6) is 0 Å². The van der Waals surface area contributed by atoms with Crippen molar-refractivity contribution in [2.75, 3.05) is 154 Å². The number of para-hydroxylation sites is 3. The van der Waals surface area contributed by atoms with E-state index in [9.17, 15) is 16.8 Å². The molecule has 6 aliphatic rings. The van der Waals surface area contributed by atoms with Gasteiger partial charge in [0.15, 0.2) is 0 Å². The summed E-state index contributed by atoms with van der Waals surface area (Å²) in [5.41, 5.74) is 5.39. The number of benzene rings is 6. The second-order valence-electron chi connectivity index (χ2n) is 21.3. The Labute approximate surface area is 488 Å². The van der Waals surface area contributed by atoms with Gasteiger partial charge in [-0.05, 0) is 151 Å². The average molecular weight is 1190 g/mol. The highest BCUT2D eigenvalue weighted by molar-refractivity contribution is 7.99. The molecule has 0 amide bonds. The number of sulfone groups is 2. The van der Waals surface area contributed by atoms with Crippen LogP contribution in [0.2, 0.25) is 15.1 Å². The first kappa shape index (κ1) is 57.8. The molecule has 0 radical (unpaired) electrons. The molecular weight excluding hydrogens is 1110 g/mol. The zero-order chi connectivity index (χ0) is 55.3. The molecule has 19 heteroatoms. The van der Waals surface area contributed by atoms with Gasteiger partial charge in [0.1, 0.15) is 0 Å². The Morgan fingerprint density at radius 2 is 0.671 bits per heavy atom. The summed E-state index contributed by atoms with van der Waals surface area (Å²) in [6.45, 7) is 19.2. The lowest BCUT2D eigenvalue weighted by atomic mass is 10.2. The van der Waals surface area contributed by atoms with E-state index in [0.717, 1.165) is 127 Å². The summed E-state index contributed by atoms with van der Waals surface area (Å²) in [6.07, 6.45) is 3.09. The van der Waals surface area contributed by atoms with Gasteiger partial charge in [-0.1, -0.05) is 83.0 Å². The van der Waals surface area contributed by atoms with E-state index in [0.29, 0.717) is 41.0 Å². The monoisotopic (exact) mass is 1180 g/mol. The van der Waals surface area contributed by atoms with Crippen molar-refractivity contribution in [3.8, 4) is 0 Å². The minimum absolute atomic E-state index is 0.338. The largest absolute Gasteiger partial charge is 0.340 e. The third-order valence-electron chi connectivity index (χ3n) is 15.8. The van der Waals surface area contributed by atoms with E-state index in [1.165, 1.54) is 47.3 Å². The van der Waals surface area contributed by atoms with E-state index in [2.05, 4.69) is 102 Å². The lowest BCUT2D eigenvalue weighted by molar-refractivity contribution is 0.153. The van der Waals surface area contributed by atoms with Gasteiger partial charge in [0.05, 0.1) is 53.7 Å². The predicted molar refractivity (Wildman–Crippen MR) is 325 cm³/mol. The molecule has 420 valence electrons. The summed E-state index contributed by atoms with van der Waals surface area (Å²) in [5, 5.41) is 1.91. The van der Waals surface area contributed by atoms with E-state index < -0.39 is 19.7 Å². The van der Waals surface area contributed by atoms with Gasteiger partial charge in [-0.25, -0.2) is 16.8 Å². The quantitative estimate of drug-likeness (QED) is 0.116. The Kier molecular flexibility index (Phi) is 18.9. The maximum atomic E-state index is 13.0. The molecule has 79 heavy (non-hydrogen) atoms. The van der Waals surface area contributed by atoms with Gasteiger partial charge in [0.25, 0.3) is 0 Å². The summed E-state index contributed by atoms with van der Waals surface area (Å²) in [5.74, 6) is 0. The van der Waals surface area contributed by atoms with E-state index in [4.69, 9.17) is 34.8 Å². The highest BCUT2D eigenvalue weighted by Crippen LogP contribution is 2.50. The number of anilines is 6. The van der Waals surface area contributed by atoms with Crippen molar-refractivity contribution >= 4 is 100 Å².